The van der Waals surface area contributed by atoms with Crippen molar-refractivity contribution >= 4 is 38.8 Å². The number of allylic oxidation sites excluding steroid dienone is 2. The normalized spacial score (nSPS) is 25.0. The second-order valence-corrected chi connectivity index (χ2v) is 19.6. The zero-order chi connectivity index (χ0) is 42.4. The average Bonchev–Trinajstić information content (AvgIpc) is 4.04. The van der Waals surface area contributed by atoms with E-state index >= 15 is 0 Å². The maximum absolute atomic E-state index is 7.32. The fraction of sp³-hybridized carbons (Fsp3) is 0.200. The molecule has 4 unspecified atom stereocenters. The van der Waals surface area contributed by atoms with Crippen LogP contribution in [0.4, 0.5) is 5.69 Å². The standard InChI is InChI=1S/C60H47NO2/c1-7-43-54-34(2)52-41-21-9-14-24-45(41)60(46-25-15-10-22-42(46)53-47(60)31-30-39-38-19-11-16-26-50(38)62-55(39)53)56(52)61(58(43,5)33-49-40-20-12-17-27-51(40)63-59(49,54)6)35-28-29-37-36-18-8-13-23-44(36)57(3,4)48(37)32-35/h8-34H,7H2,1-6H3. The molecule has 7 aromatic carbocycles. The van der Waals surface area contributed by atoms with Gasteiger partial charge in [-0.15, -0.1) is 0 Å². The van der Waals surface area contributed by atoms with Crippen molar-refractivity contribution in [2.75, 3.05) is 4.90 Å². The lowest BCUT2D eigenvalue weighted by Crippen LogP contribution is -2.53. The van der Waals surface area contributed by atoms with Gasteiger partial charge in [-0.1, -0.05) is 155 Å². The van der Waals surface area contributed by atoms with Crippen molar-refractivity contribution in [3.63, 3.8) is 0 Å². The van der Waals surface area contributed by atoms with E-state index < -0.39 is 16.6 Å². The average molecular weight is 814 g/mol. The number of hydrogen-bond acceptors (Lipinski definition) is 3. The summed E-state index contributed by atoms with van der Waals surface area (Å²) < 4.78 is 14.3. The summed E-state index contributed by atoms with van der Waals surface area (Å²) in [6, 6.07) is 57.0. The number of anilines is 1. The Bertz CT molecular complexity index is 3520. The Hall–Kier alpha value is -6.84. The number of rotatable bonds is 2. The quantitative estimate of drug-likeness (QED) is 0.163. The van der Waals surface area contributed by atoms with Crippen molar-refractivity contribution in [2.24, 2.45) is 5.92 Å². The van der Waals surface area contributed by atoms with Gasteiger partial charge in [0.1, 0.15) is 16.9 Å². The van der Waals surface area contributed by atoms with Gasteiger partial charge in [-0.25, -0.2) is 0 Å². The van der Waals surface area contributed by atoms with E-state index in [-0.39, 0.29) is 11.3 Å². The van der Waals surface area contributed by atoms with Crippen LogP contribution in [0.1, 0.15) is 86.9 Å². The highest BCUT2D eigenvalue weighted by molar-refractivity contribution is 6.13. The van der Waals surface area contributed by atoms with Gasteiger partial charge in [0.15, 0.2) is 5.60 Å². The summed E-state index contributed by atoms with van der Waals surface area (Å²) in [5, 5.41) is 2.31. The van der Waals surface area contributed by atoms with Crippen molar-refractivity contribution in [1.29, 1.82) is 0 Å². The Morgan fingerprint density at radius 2 is 1.24 bits per heavy atom. The summed E-state index contributed by atoms with van der Waals surface area (Å²) in [5.41, 5.74) is 22.1. The Kier molecular flexibility index (Phi) is 6.57. The molecular weight excluding hydrogens is 767 g/mol. The Morgan fingerprint density at radius 1 is 0.587 bits per heavy atom. The second-order valence-electron chi connectivity index (χ2n) is 19.6. The molecule has 3 nitrogen and oxygen atoms in total. The van der Waals surface area contributed by atoms with Crippen LogP contribution < -0.4 is 9.64 Å². The summed E-state index contributed by atoms with van der Waals surface area (Å²) in [5.74, 6) is 0.981. The molecule has 0 amide bonds. The number of benzene rings is 7. The fourth-order valence-electron chi connectivity index (χ4n) is 14.0. The van der Waals surface area contributed by atoms with Crippen molar-refractivity contribution in [3.05, 3.63) is 214 Å². The van der Waals surface area contributed by atoms with Gasteiger partial charge in [-0.05, 0) is 117 Å². The number of furan rings is 1. The van der Waals surface area contributed by atoms with E-state index in [4.69, 9.17) is 9.15 Å². The van der Waals surface area contributed by atoms with E-state index in [1.807, 2.05) is 0 Å². The van der Waals surface area contributed by atoms with Crippen LogP contribution in [-0.4, -0.2) is 11.1 Å². The van der Waals surface area contributed by atoms with Gasteiger partial charge in [0, 0.05) is 50.2 Å². The van der Waals surface area contributed by atoms with E-state index in [1.165, 1.54) is 94.9 Å². The number of para-hydroxylation sites is 2. The predicted molar refractivity (Wildman–Crippen MR) is 257 cm³/mol. The minimum Gasteiger partial charge on any atom is -0.478 e. The summed E-state index contributed by atoms with van der Waals surface area (Å²) in [6.07, 6.45) is 3.49. The number of ether oxygens (including phenoxy) is 1. The molecule has 0 saturated heterocycles. The van der Waals surface area contributed by atoms with Gasteiger partial charge in [0.05, 0.1) is 11.0 Å². The summed E-state index contributed by atoms with van der Waals surface area (Å²) in [7, 11) is 0. The maximum Gasteiger partial charge on any atom is 0.154 e. The Morgan fingerprint density at radius 3 is 2.03 bits per heavy atom. The van der Waals surface area contributed by atoms with Crippen LogP contribution >= 0.6 is 0 Å². The van der Waals surface area contributed by atoms with E-state index in [0.717, 1.165) is 34.1 Å². The molecule has 14 rings (SSSR count). The molecular formula is C60H47NO2. The van der Waals surface area contributed by atoms with Crippen LogP contribution in [-0.2, 0) is 10.8 Å². The Balaban J connectivity index is 1.16. The van der Waals surface area contributed by atoms with Crippen molar-refractivity contribution < 1.29 is 9.15 Å². The molecule has 0 fully saturated rings. The highest BCUT2D eigenvalue weighted by atomic mass is 16.5. The second kappa shape index (κ2) is 11.6. The third kappa shape index (κ3) is 3.97. The maximum atomic E-state index is 7.32. The lowest BCUT2D eigenvalue weighted by atomic mass is 9.65. The molecule has 4 atom stereocenters. The minimum absolute atomic E-state index is 0.0177. The van der Waals surface area contributed by atoms with Crippen LogP contribution in [0, 0.1) is 5.92 Å². The summed E-state index contributed by atoms with van der Waals surface area (Å²) in [4.78, 5) is 2.83. The van der Waals surface area contributed by atoms with Gasteiger partial charge >= 0.3 is 0 Å². The number of nitrogens with zero attached hydrogens (tertiary/aromatic N) is 1. The molecule has 8 aromatic rings. The molecule has 0 saturated carbocycles. The molecule has 0 N–H and O–H groups in total. The predicted octanol–water partition coefficient (Wildman–Crippen LogP) is 14.8. The molecule has 304 valence electrons. The first kappa shape index (κ1) is 35.7. The van der Waals surface area contributed by atoms with E-state index in [9.17, 15) is 0 Å². The van der Waals surface area contributed by atoms with Crippen LogP contribution in [0.2, 0.25) is 0 Å². The van der Waals surface area contributed by atoms with Crippen molar-refractivity contribution in [2.45, 2.75) is 69.9 Å². The van der Waals surface area contributed by atoms with E-state index in [0.29, 0.717) is 0 Å². The van der Waals surface area contributed by atoms with Crippen LogP contribution in [0.15, 0.2) is 179 Å². The third-order valence-corrected chi connectivity index (χ3v) is 16.4. The molecule has 3 heteroatoms. The van der Waals surface area contributed by atoms with Gasteiger partial charge < -0.3 is 14.1 Å². The first-order chi connectivity index (χ1) is 30.6. The first-order valence-electron chi connectivity index (χ1n) is 22.8. The number of hydrogen-bond donors (Lipinski definition) is 0. The summed E-state index contributed by atoms with van der Waals surface area (Å²) >= 11 is 0. The lowest BCUT2D eigenvalue weighted by molar-refractivity contribution is 0.192. The highest BCUT2D eigenvalue weighted by Gasteiger charge is 2.63. The lowest BCUT2D eigenvalue weighted by Gasteiger charge is -2.51. The largest absolute Gasteiger partial charge is 0.478 e. The molecule has 1 aromatic heterocycles. The molecule has 4 aliphatic carbocycles. The number of fused-ring (bicyclic) bond motifs is 21. The van der Waals surface area contributed by atoms with Crippen molar-refractivity contribution in [3.8, 4) is 28.0 Å². The fourth-order valence-corrected chi connectivity index (χ4v) is 14.0. The van der Waals surface area contributed by atoms with Crippen molar-refractivity contribution in [1.82, 2.24) is 0 Å². The van der Waals surface area contributed by atoms with Gasteiger partial charge in [-0.2, -0.15) is 0 Å². The third-order valence-electron chi connectivity index (χ3n) is 16.4. The van der Waals surface area contributed by atoms with E-state index in [2.05, 4.69) is 204 Å². The minimum atomic E-state index is -0.663. The molecule has 2 aliphatic heterocycles. The van der Waals surface area contributed by atoms with Crippen LogP contribution in [0.5, 0.6) is 5.75 Å². The zero-order valence-corrected chi connectivity index (χ0v) is 36.6. The molecule has 6 aliphatic rings. The molecule has 0 radical (unpaired) electrons. The Labute approximate surface area is 368 Å². The van der Waals surface area contributed by atoms with Crippen LogP contribution in [0.3, 0.4) is 0 Å². The monoisotopic (exact) mass is 813 g/mol. The smallest absolute Gasteiger partial charge is 0.154 e. The molecule has 2 bridgehead atoms. The zero-order valence-electron chi connectivity index (χ0n) is 36.6. The van der Waals surface area contributed by atoms with Gasteiger partial charge in [0.2, 0.25) is 0 Å². The molecule has 1 spiro atoms. The van der Waals surface area contributed by atoms with E-state index in [1.54, 1.807) is 0 Å². The van der Waals surface area contributed by atoms with Gasteiger partial charge in [-0.3, -0.25) is 0 Å². The topological polar surface area (TPSA) is 25.6 Å². The molecule has 3 heterocycles. The molecule has 63 heavy (non-hydrogen) atoms. The first-order valence-corrected chi connectivity index (χ1v) is 22.8. The summed E-state index contributed by atoms with van der Waals surface area (Å²) in [6.45, 7) is 14.5. The highest BCUT2D eigenvalue weighted by Crippen LogP contribution is 2.70. The van der Waals surface area contributed by atoms with Gasteiger partial charge in [0.25, 0.3) is 0 Å². The SMILES string of the molecule is CCC1=C2C(C)C3=C(N(c4ccc5c(c4)C(C)(C)c4ccccc4-5)C1(C)C=C1c4ccccc4OC12C)C1(c2ccccc23)c2ccccc2-c2c1ccc1c2oc2ccccc21. The van der Waals surface area contributed by atoms with Crippen LogP contribution in [0.25, 0.3) is 55.3 Å².